The molecular formula is C9H14NO4PS. The molecule has 0 radical (unpaired) electrons. The highest BCUT2D eigenvalue weighted by Gasteiger charge is 2.25. The molecule has 0 heterocycles. The Morgan fingerprint density at radius 1 is 1.31 bits per heavy atom. The number of anilines is 1. The average molecular weight is 263 g/mol. The topological polar surface area (TPSA) is 86.5 Å². The van der Waals surface area contributed by atoms with E-state index >= 15 is 0 Å². The molecule has 2 N–H and O–H groups in total. The van der Waals surface area contributed by atoms with Crippen molar-refractivity contribution in [2.45, 2.75) is 4.90 Å². The molecule has 0 aliphatic carbocycles. The summed E-state index contributed by atoms with van der Waals surface area (Å²) in [7, 11) is -5.45. The molecule has 1 rings (SSSR count). The first kappa shape index (κ1) is 13.2. The fraction of sp³-hybridized carbons (Fsp3) is 0.333. The third-order valence-electron chi connectivity index (χ3n) is 2.03. The minimum atomic E-state index is -3.59. The van der Waals surface area contributed by atoms with Gasteiger partial charge in [-0.3, -0.25) is 4.57 Å². The van der Waals surface area contributed by atoms with E-state index in [1.165, 1.54) is 38.0 Å². The summed E-state index contributed by atoms with van der Waals surface area (Å²) >= 11 is 0. The van der Waals surface area contributed by atoms with Crippen LogP contribution in [0.25, 0.3) is 0 Å². The van der Waals surface area contributed by atoms with Crippen molar-refractivity contribution in [2.24, 2.45) is 0 Å². The lowest BCUT2D eigenvalue weighted by Gasteiger charge is -2.11. The Kier molecular flexibility index (Phi) is 3.78. The molecule has 7 heteroatoms. The zero-order valence-corrected chi connectivity index (χ0v) is 10.8. The van der Waals surface area contributed by atoms with Crippen molar-refractivity contribution in [1.82, 2.24) is 0 Å². The number of hydrogen-bond acceptors (Lipinski definition) is 5. The highest BCUT2D eigenvalue weighted by atomic mass is 32.2. The van der Waals surface area contributed by atoms with Crippen LogP contribution in [0.1, 0.15) is 0 Å². The predicted molar refractivity (Wildman–Crippen MR) is 63.4 cm³/mol. The molecule has 5 nitrogen and oxygen atoms in total. The second-order valence-electron chi connectivity index (χ2n) is 3.51. The molecule has 0 bridgehead atoms. The van der Waals surface area contributed by atoms with Crippen LogP contribution in [-0.4, -0.2) is 27.7 Å². The van der Waals surface area contributed by atoms with E-state index in [-0.39, 0.29) is 4.90 Å². The molecule has 0 fully saturated rings. The summed E-state index contributed by atoms with van der Waals surface area (Å²) in [6.45, 7) is 1.29. The van der Waals surface area contributed by atoms with E-state index < -0.39 is 22.7 Å². The number of sulfone groups is 1. The lowest BCUT2D eigenvalue weighted by Crippen LogP contribution is -2.08. The van der Waals surface area contributed by atoms with E-state index in [0.717, 1.165) is 0 Å². The van der Waals surface area contributed by atoms with Gasteiger partial charge in [-0.2, -0.15) is 0 Å². The van der Waals surface area contributed by atoms with Crippen molar-refractivity contribution in [3.63, 3.8) is 0 Å². The molecule has 1 aromatic rings. The van der Waals surface area contributed by atoms with Crippen molar-refractivity contribution in [1.29, 1.82) is 0 Å². The summed E-state index contributed by atoms with van der Waals surface area (Å²) in [4.78, 5) is 0.0980. The van der Waals surface area contributed by atoms with Gasteiger partial charge in [0.2, 0.25) is 7.37 Å². The van der Waals surface area contributed by atoms with Gasteiger partial charge in [0.05, 0.1) is 4.90 Å². The van der Waals surface area contributed by atoms with Gasteiger partial charge in [-0.25, -0.2) is 8.42 Å². The molecule has 0 spiro atoms. The Labute approximate surface area is 95.0 Å². The standard InChI is InChI=1S/C9H14NO4PS/c1-14-15(2,11)7-16(12,13)9-5-3-8(10)4-6-9/h3-6H,7,10H2,1-2H3. The Morgan fingerprint density at radius 2 is 1.81 bits per heavy atom. The van der Waals surface area contributed by atoms with Crippen LogP contribution in [0.2, 0.25) is 0 Å². The minimum Gasteiger partial charge on any atom is -0.399 e. The van der Waals surface area contributed by atoms with Gasteiger partial charge in [0.1, 0.15) is 5.49 Å². The number of hydrogen-bond donors (Lipinski definition) is 1. The van der Waals surface area contributed by atoms with E-state index in [9.17, 15) is 13.0 Å². The Balaban J connectivity index is 3.04. The Morgan fingerprint density at radius 3 is 2.25 bits per heavy atom. The zero-order chi connectivity index (χ0) is 12.4. The Bertz CT molecular complexity index is 509. The average Bonchev–Trinajstić information content (AvgIpc) is 2.17. The molecule has 16 heavy (non-hydrogen) atoms. The fourth-order valence-corrected chi connectivity index (χ4v) is 5.15. The van der Waals surface area contributed by atoms with Crippen molar-refractivity contribution in [3.05, 3.63) is 24.3 Å². The van der Waals surface area contributed by atoms with Crippen molar-refractivity contribution < 1.29 is 17.5 Å². The smallest absolute Gasteiger partial charge is 0.214 e. The largest absolute Gasteiger partial charge is 0.399 e. The third kappa shape index (κ3) is 3.33. The van der Waals surface area contributed by atoms with Gasteiger partial charge in [-0.1, -0.05) is 0 Å². The predicted octanol–water partition coefficient (Wildman–Crippen LogP) is 1.55. The van der Waals surface area contributed by atoms with Gasteiger partial charge >= 0.3 is 0 Å². The van der Waals surface area contributed by atoms with E-state index in [4.69, 9.17) is 5.73 Å². The molecule has 0 aliphatic rings. The van der Waals surface area contributed by atoms with Crippen LogP contribution in [0.3, 0.4) is 0 Å². The van der Waals surface area contributed by atoms with Gasteiger partial charge in [-0.05, 0) is 24.3 Å². The van der Waals surface area contributed by atoms with Crippen LogP contribution < -0.4 is 5.73 Å². The number of nitrogen functional groups attached to an aromatic ring is 1. The summed E-state index contributed by atoms with van der Waals surface area (Å²) in [5.41, 5.74) is 5.43. The van der Waals surface area contributed by atoms with Crippen LogP contribution in [-0.2, 0) is 18.9 Å². The van der Waals surface area contributed by atoms with Crippen LogP contribution in [0.15, 0.2) is 29.2 Å². The van der Waals surface area contributed by atoms with E-state index in [1.54, 1.807) is 0 Å². The van der Waals surface area contributed by atoms with E-state index in [2.05, 4.69) is 4.52 Å². The first-order valence-electron chi connectivity index (χ1n) is 4.47. The first-order chi connectivity index (χ1) is 7.27. The van der Waals surface area contributed by atoms with Crippen LogP contribution in [0.5, 0.6) is 0 Å². The minimum absolute atomic E-state index is 0.0980. The number of benzene rings is 1. The second kappa shape index (κ2) is 4.57. The van der Waals surface area contributed by atoms with E-state index in [1.807, 2.05) is 0 Å². The van der Waals surface area contributed by atoms with Crippen LogP contribution in [0, 0.1) is 0 Å². The van der Waals surface area contributed by atoms with Crippen molar-refractivity contribution in [3.8, 4) is 0 Å². The van der Waals surface area contributed by atoms with Gasteiger partial charge in [0.25, 0.3) is 0 Å². The van der Waals surface area contributed by atoms with Gasteiger partial charge in [0, 0.05) is 19.5 Å². The lowest BCUT2D eigenvalue weighted by molar-refractivity contribution is 0.402. The molecule has 1 atom stereocenters. The SMILES string of the molecule is COP(C)(=O)CS(=O)(=O)c1ccc(N)cc1. The maximum absolute atomic E-state index is 11.8. The summed E-state index contributed by atoms with van der Waals surface area (Å²) in [5.74, 6) is 0. The second-order valence-corrected chi connectivity index (χ2v) is 8.64. The fourth-order valence-electron chi connectivity index (χ4n) is 1.11. The number of rotatable bonds is 4. The normalized spacial score (nSPS) is 15.6. The molecule has 0 saturated carbocycles. The zero-order valence-electron chi connectivity index (χ0n) is 9.08. The molecule has 0 saturated heterocycles. The summed E-state index contributed by atoms with van der Waals surface area (Å²) in [6.07, 6.45) is 0. The molecule has 0 aromatic heterocycles. The maximum atomic E-state index is 11.8. The summed E-state index contributed by atoms with van der Waals surface area (Å²) < 4.78 is 39.9. The highest BCUT2D eigenvalue weighted by molar-refractivity contribution is 7.98. The van der Waals surface area contributed by atoms with Crippen molar-refractivity contribution >= 4 is 22.9 Å². The van der Waals surface area contributed by atoms with Gasteiger partial charge in [0.15, 0.2) is 9.84 Å². The molecule has 90 valence electrons. The van der Waals surface area contributed by atoms with Gasteiger partial charge in [-0.15, -0.1) is 0 Å². The van der Waals surface area contributed by atoms with Gasteiger partial charge < -0.3 is 10.3 Å². The Hall–Kier alpha value is -0.840. The molecular weight excluding hydrogens is 249 g/mol. The number of nitrogens with two attached hydrogens (primary N) is 1. The summed E-state index contributed by atoms with van der Waals surface area (Å²) in [5, 5.41) is 0. The molecule has 0 amide bonds. The summed E-state index contributed by atoms with van der Waals surface area (Å²) in [6, 6.07) is 5.75. The van der Waals surface area contributed by atoms with E-state index in [0.29, 0.717) is 5.69 Å². The molecule has 1 aromatic carbocycles. The quantitative estimate of drug-likeness (QED) is 0.658. The third-order valence-corrected chi connectivity index (χ3v) is 7.03. The molecule has 1 unspecified atom stereocenters. The monoisotopic (exact) mass is 263 g/mol. The van der Waals surface area contributed by atoms with Crippen LogP contribution in [0.4, 0.5) is 5.69 Å². The first-order valence-corrected chi connectivity index (χ1v) is 8.38. The maximum Gasteiger partial charge on any atom is 0.214 e. The van der Waals surface area contributed by atoms with Crippen molar-refractivity contribution in [2.75, 3.05) is 25.0 Å². The molecule has 0 aliphatic heterocycles. The lowest BCUT2D eigenvalue weighted by atomic mass is 10.3. The van der Waals surface area contributed by atoms with Crippen LogP contribution >= 0.6 is 7.37 Å². The highest BCUT2D eigenvalue weighted by Crippen LogP contribution is 2.43.